The van der Waals surface area contributed by atoms with Gasteiger partial charge in [0.2, 0.25) is 0 Å². The molecule has 1 aromatic rings. The second-order valence-corrected chi connectivity index (χ2v) is 4.88. The Kier molecular flexibility index (Phi) is 4.18. The molecule has 0 bridgehead atoms. The van der Waals surface area contributed by atoms with Crippen molar-refractivity contribution in [3.05, 3.63) is 22.2 Å². The Morgan fingerprint density at radius 2 is 2.37 bits per heavy atom. The predicted octanol–water partition coefficient (Wildman–Crippen LogP) is -0.562. The van der Waals surface area contributed by atoms with Crippen LogP contribution in [0.15, 0.2) is 15.4 Å². The van der Waals surface area contributed by atoms with E-state index in [0.29, 0.717) is 25.5 Å². The molecule has 0 aromatic carbocycles. The quantitative estimate of drug-likeness (QED) is 0.791. The molecule has 1 aliphatic heterocycles. The van der Waals surface area contributed by atoms with E-state index in [9.17, 15) is 9.59 Å². The molecule has 1 aliphatic rings. The summed E-state index contributed by atoms with van der Waals surface area (Å²) in [5.74, 6) is 0.0530. The third-order valence-electron chi connectivity index (χ3n) is 3.11. The highest BCUT2D eigenvalue weighted by atomic mass is 16.5. The van der Waals surface area contributed by atoms with Gasteiger partial charge in [0.05, 0.1) is 19.3 Å². The Hall–Kier alpha value is -1.44. The molecule has 2 N–H and O–H groups in total. The van der Waals surface area contributed by atoms with E-state index in [1.165, 1.54) is 6.07 Å². The topological polar surface area (TPSA) is 90.7 Å². The summed E-state index contributed by atoms with van der Waals surface area (Å²) in [5.41, 5.74) is 5.36. The smallest absolute Gasteiger partial charge is 0.290 e. The summed E-state index contributed by atoms with van der Waals surface area (Å²) in [6.07, 6.45) is -0.0865. The number of aryl methyl sites for hydroxylation is 1. The van der Waals surface area contributed by atoms with Crippen LogP contribution >= 0.6 is 0 Å². The van der Waals surface area contributed by atoms with Crippen molar-refractivity contribution in [2.45, 2.75) is 26.0 Å². The molecule has 1 saturated heterocycles. The molecule has 0 amide bonds. The van der Waals surface area contributed by atoms with Gasteiger partial charge in [0, 0.05) is 25.2 Å². The standard InChI is InChI=1S/C12H19N3O4/c1-8-5-11(16)15(19-8)12(17)7-14-3-4-18-10(6-14)9(2)13/h5,9-10H,3-4,6-7,13H2,1-2H3. The lowest BCUT2D eigenvalue weighted by atomic mass is 10.1. The highest BCUT2D eigenvalue weighted by Crippen LogP contribution is 2.07. The lowest BCUT2D eigenvalue weighted by molar-refractivity contribution is -0.0365. The van der Waals surface area contributed by atoms with Crippen molar-refractivity contribution in [1.82, 2.24) is 9.64 Å². The van der Waals surface area contributed by atoms with Crippen molar-refractivity contribution < 1.29 is 14.1 Å². The van der Waals surface area contributed by atoms with Crippen molar-refractivity contribution in [1.29, 1.82) is 0 Å². The molecule has 0 spiro atoms. The minimum Gasteiger partial charge on any atom is -0.374 e. The summed E-state index contributed by atoms with van der Waals surface area (Å²) in [6.45, 7) is 5.38. The normalized spacial score (nSPS) is 22.4. The molecule has 106 valence electrons. The maximum absolute atomic E-state index is 12.0. The molecule has 0 aliphatic carbocycles. The van der Waals surface area contributed by atoms with Crippen LogP contribution < -0.4 is 11.3 Å². The van der Waals surface area contributed by atoms with Gasteiger partial charge in [-0.1, -0.05) is 0 Å². The third-order valence-corrected chi connectivity index (χ3v) is 3.11. The molecule has 2 heterocycles. The highest BCUT2D eigenvalue weighted by Gasteiger charge is 2.25. The molecule has 2 rings (SSSR count). The molecule has 19 heavy (non-hydrogen) atoms. The van der Waals surface area contributed by atoms with Crippen LogP contribution in [0.1, 0.15) is 17.5 Å². The summed E-state index contributed by atoms with van der Waals surface area (Å²) >= 11 is 0. The van der Waals surface area contributed by atoms with E-state index >= 15 is 0 Å². The summed E-state index contributed by atoms with van der Waals surface area (Å²) in [4.78, 5) is 25.4. The van der Waals surface area contributed by atoms with Crippen molar-refractivity contribution in [2.75, 3.05) is 26.2 Å². The number of morpholine rings is 1. The predicted molar refractivity (Wildman–Crippen MR) is 68.2 cm³/mol. The lowest BCUT2D eigenvalue weighted by Gasteiger charge is -2.34. The molecule has 1 aromatic heterocycles. The van der Waals surface area contributed by atoms with E-state index in [-0.39, 0.29) is 24.6 Å². The van der Waals surface area contributed by atoms with Crippen LogP contribution in [0.25, 0.3) is 0 Å². The van der Waals surface area contributed by atoms with E-state index in [1.807, 2.05) is 11.8 Å². The molecule has 0 radical (unpaired) electrons. The molecule has 2 unspecified atom stereocenters. The van der Waals surface area contributed by atoms with Crippen molar-refractivity contribution in [2.24, 2.45) is 5.73 Å². The van der Waals surface area contributed by atoms with Gasteiger partial charge in [-0.05, 0) is 13.8 Å². The van der Waals surface area contributed by atoms with Gasteiger partial charge in [-0.15, -0.1) is 4.74 Å². The Bertz CT molecular complexity index is 505. The molecule has 0 saturated carbocycles. The summed E-state index contributed by atoms with van der Waals surface area (Å²) in [7, 11) is 0. The number of ether oxygens (including phenoxy) is 1. The third kappa shape index (κ3) is 3.31. The van der Waals surface area contributed by atoms with Crippen LogP contribution in [-0.2, 0) is 4.74 Å². The van der Waals surface area contributed by atoms with Crippen molar-refractivity contribution in [3.8, 4) is 0 Å². The minimum absolute atomic E-state index is 0.0865. The van der Waals surface area contributed by atoms with E-state index in [4.69, 9.17) is 15.0 Å². The zero-order valence-electron chi connectivity index (χ0n) is 11.2. The maximum Gasteiger partial charge on any atom is 0.290 e. The molecule has 2 atom stereocenters. The van der Waals surface area contributed by atoms with Gasteiger partial charge in [-0.2, -0.15) is 0 Å². The van der Waals surface area contributed by atoms with E-state index in [1.54, 1.807) is 6.92 Å². The minimum atomic E-state index is -0.431. The Morgan fingerprint density at radius 1 is 1.63 bits per heavy atom. The van der Waals surface area contributed by atoms with Crippen molar-refractivity contribution >= 4 is 5.91 Å². The summed E-state index contributed by atoms with van der Waals surface area (Å²) in [6, 6.07) is 1.20. The number of aromatic nitrogens is 1. The molecule has 1 fully saturated rings. The molecule has 7 nitrogen and oxygen atoms in total. The van der Waals surface area contributed by atoms with Crippen LogP contribution in [0.2, 0.25) is 0 Å². The van der Waals surface area contributed by atoms with Gasteiger partial charge in [-0.25, -0.2) is 0 Å². The fourth-order valence-corrected chi connectivity index (χ4v) is 2.07. The van der Waals surface area contributed by atoms with Gasteiger partial charge in [0.1, 0.15) is 5.76 Å². The number of rotatable bonds is 3. The van der Waals surface area contributed by atoms with Crippen LogP contribution in [0.4, 0.5) is 0 Å². The van der Waals surface area contributed by atoms with Gasteiger partial charge >= 0.3 is 0 Å². The molecular formula is C12H19N3O4. The van der Waals surface area contributed by atoms with Gasteiger partial charge < -0.3 is 15.0 Å². The number of nitrogens with two attached hydrogens (primary N) is 1. The van der Waals surface area contributed by atoms with E-state index in [2.05, 4.69) is 0 Å². The Morgan fingerprint density at radius 3 is 2.95 bits per heavy atom. The first-order valence-electron chi connectivity index (χ1n) is 6.30. The zero-order chi connectivity index (χ0) is 14.0. The number of hydrogen-bond acceptors (Lipinski definition) is 6. The Balaban J connectivity index is 1.99. The van der Waals surface area contributed by atoms with Gasteiger partial charge in [0.25, 0.3) is 11.5 Å². The van der Waals surface area contributed by atoms with Crippen LogP contribution in [0.3, 0.4) is 0 Å². The second kappa shape index (κ2) is 5.68. The fraction of sp³-hybridized carbons (Fsp3) is 0.667. The first-order chi connectivity index (χ1) is 8.97. The van der Waals surface area contributed by atoms with Gasteiger partial charge in [-0.3, -0.25) is 14.5 Å². The zero-order valence-corrected chi connectivity index (χ0v) is 11.2. The van der Waals surface area contributed by atoms with E-state index in [0.717, 1.165) is 4.74 Å². The number of nitrogens with zero attached hydrogens (tertiary/aromatic N) is 2. The molecular weight excluding hydrogens is 250 g/mol. The molecule has 7 heteroatoms. The number of carbonyl (C=O) groups is 1. The number of carbonyl (C=O) groups excluding carboxylic acids is 1. The second-order valence-electron chi connectivity index (χ2n) is 4.88. The number of hydrogen-bond donors (Lipinski definition) is 1. The SMILES string of the molecule is Cc1cc(=O)n(C(=O)CN2CCOC(C(C)N)C2)o1. The largest absolute Gasteiger partial charge is 0.374 e. The fourth-order valence-electron chi connectivity index (χ4n) is 2.07. The average Bonchev–Trinajstić information content (AvgIpc) is 2.69. The van der Waals surface area contributed by atoms with Crippen LogP contribution in [0, 0.1) is 6.92 Å². The average molecular weight is 269 g/mol. The Labute approximate surface area is 110 Å². The van der Waals surface area contributed by atoms with E-state index < -0.39 is 5.56 Å². The van der Waals surface area contributed by atoms with Gasteiger partial charge in [0.15, 0.2) is 0 Å². The summed E-state index contributed by atoms with van der Waals surface area (Å²) < 4.78 is 11.4. The van der Waals surface area contributed by atoms with Crippen LogP contribution in [0.5, 0.6) is 0 Å². The first kappa shape index (κ1) is 14.0. The summed E-state index contributed by atoms with van der Waals surface area (Å²) in [5, 5.41) is 0. The van der Waals surface area contributed by atoms with Crippen molar-refractivity contribution in [3.63, 3.8) is 0 Å². The van der Waals surface area contributed by atoms with Crippen LogP contribution in [-0.4, -0.2) is 53.9 Å². The monoisotopic (exact) mass is 269 g/mol. The highest BCUT2D eigenvalue weighted by molar-refractivity contribution is 5.79. The first-order valence-corrected chi connectivity index (χ1v) is 6.30. The maximum atomic E-state index is 12.0. The lowest BCUT2D eigenvalue weighted by Crippen LogP contribution is -2.51.